The van der Waals surface area contributed by atoms with Crippen molar-refractivity contribution in [2.45, 2.75) is 33.9 Å². The predicted molar refractivity (Wildman–Crippen MR) is 150 cm³/mol. The number of fused-ring (bicyclic) bond motifs is 2. The third-order valence-electron chi connectivity index (χ3n) is 6.62. The third-order valence-corrected chi connectivity index (χ3v) is 6.62. The maximum Gasteiger partial charge on any atom is 0.404 e. The van der Waals surface area contributed by atoms with Gasteiger partial charge in [0.2, 0.25) is 0 Å². The highest BCUT2D eigenvalue weighted by molar-refractivity contribution is 5.99. The molecule has 5 aromatic rings. The lowest BCUT2D eigenvalue weighted by molar-refractivity contribution is 0.194. The molecule has 0 bridgehead atoms. The number of nitrogens with one attached hydrogen (secondary N) is 2. The molecule has 3 aromatic carbocycles. The van der Waals surface area contributed by atoms with Gasteiger partial charge in [0.05, 0.1) is 46.2 Å². The third kappa shape index (κ3) is 4.97. The van der Waals surface area contributed by atoms with Gasteiger partial charge < -0.3 is 10.4 Å². The molecular weight excluding hydrogens is 525 g/mol. The SMILES string of the molecule is CC(C)(C)Cn1ncc(-c2cc(C#N)c3c(=O)[nH]nc(CNC(=O)O)c3c2)c1-c1c(F)cc2ccccc2c1C#N. The number of nitrogens with zero attached hydrogens (tertiary/aromatic N) is 5. The minimum absolute atomic E-state index is 0.0201. The molecular formula is C30H24FN7O3. The average Bonchev–Trinajstić information content (AvgIpc) is 3.32. The highest BCUT2D eigenvalue weighted by atomic mass is 19.1. The van der Waals surface area contributed by atoms with E-state index in [1.807, 2.05) is 26.8 Å². The van der Waals surface area contributed by atoms with Gasteiger partial charge in [-0.3, -0.25) is 9.48 Å². The van der Waals surface area contributed by atoms with E-state index in [-0.39, 0.29) is 45.1 Å². The molecule has 2 heterocycles. The first-order valence-electron chi connectivity index (χ1n) is 12.6. The number of nitriles is 2. The second-order valence-electron chi connectivity index (χ2n) is 10.8. The Balaban J connectivity index is 1.87. The lowest BCUT2D eigenvalue weighted by atomic mass is 9.91. The monoisotopic (exact) mass is 549 g/mol. The van der Waals surface area contributed by atoms with Gasteiger partial charge >= 0.3 is 6.09 Å². The van der Waals surface area contributed by atoms with Crippen LogP contribution in [0.2, 0.25) is 0 Å². The van der Waals surface area contributed by atoms with Crippen LogP contribution in [0.25, 0.3) is 43.9 Å². The predicted octanol–water partition coefficient (Wildman–Crippen LogP) is 5.30. The lowest BCUT2D eigenvalue weighted by Crippen LogP contribution is -2.23. The molecule has 0 fully saturated rings. The Kier molecular flexibility index (Phi) is 6.73. The first kappa shape index (κ1) is 27.0. The van der Waals surface area contributed by atoms with Crippen molar-refractivity contribution in [1.29, 1.82) is 10.5 Å². The Bertz CT molecular complexity index is 2010. The second-order valence-corrected chi connectivity index (χ2v) is 10.8. The molecule has 2 aromatic heterocycles. The molecule has 0 aliphatic carbocycles. The Morgan fingerprint density at radius 1 is 1.15 bits per heavy atom. The lowest BCUT2D eigenvalue weighted by Gasteiger charge is -2.21. The van der Waals surface area contributed by atoms with Crippen molar-refractivity contribution < 1.29 is 14.3 Å². The number of hydrogen-bond donors (Lipinski definition) is 3. The largest absolute Gasteiger partial charge is 0.465 e. The van der Waals surface area contributed by atoms with E-state index in [2.05, 4.69) is 26.7 Å². The van der Waals surface area contributed by atoms with Crippen molar-refractivity contribution in [3.05, 3.63) is 81.7 Å². The van der Waals surface area contributed by atoms with Gasteiger partial charge in [-0.1, -0.05) is 45.0 Å². The number of aromatic amines is 1. The number of carbonyl (C=O) groups is 1. The van der Waals surface area contributed by atoms with E-state index in [0.717, 1.165) is 0 Å². The Labute approximate surface area is 233 Å². The molecule has 0 aliphatic heterocycles. The van der Waals surface area contributed by atoms with E-state index in [0.29, 0.717) is 34.1 Å². The number of amides is 1. The molecule has 0 saturated carbocycles. The molecule has 0 saturated heterocycles. The first-order chi connectivity index (χ1) is 19.5. The Hall–Kier alpha value is -5.55. The number of carboxylic acid groups (broad SMARTS) is 1. The molecule has 10 nitrogen and oxygen atoms in total. The molecule has 0 atom stereocenters. The molecule has 11 heteroatoms. The van der Waals surface area contributed by atoms with Crippen molar-refractivity contribution in [2.75, 3.05) is 0 Å². The summed E-state index contributed by atoms with van der Waals surface area (Å²) in [6.07, 6.45) is 0.249. The average molecular weight is 550 g/mol. The van der Waals surface area contributed by atoms with Gasteiger partial charge in [-0.2, -0.15) is 20.7 Å². The zero-order chi connectivity index (χ0) is 29.5. The van der Waals surface area contributed by atoms with Crippen LogP contribution in [0, 0.1) is 33.9 Å². The molecule has 0 aliphatic rings. The maximum absolute atomic E-state index is 16.0. The summed E-state index contributed by atoms with van der Waals surface area (Å²) in [5.41, 5.74) is 0.725. The van der Waals surface area contributed by atoms with E-state index >= 15 is 4.39 Å². The maximum atomic E-state index is 16.0. The van der Waals surface area contributed by atoms with Crippen LogP contribution in [0.1, 0.15) is 37.6 Å². The summed E-state index contributed by atoms with van der Waals surface area (Å²) in [6.45, 7) is 6.16. The molecule has 5 rings (SSSR count). The fourth-order valence-electron chi connectivity index (χ4n) is 4.98. The van der Waals surface area contributed by atoms with Crippen molar-refractivity contribution in [3.8, 4) is 34.5 Å². The first-order valence-corrected chi connectivity index (χ1v) is 12.6. The Morgan fingerprint density at radius 3 is 2.59 bits per heavy atom. The number of halogens is 1. The van der Waals surface area contributed by atoms with E-state index < -0.39 is 17.5 Å². The van der Waals surface area contributed by atoms with Gasteiger partial charge in [0, 0.05) is 22.9 Å². The minimum Gasteiger partial charge on any atom is -0.465 e. The van der Waals surface area contributed by atoms with Crippen LogP contribution < -0.4 is 10.9 Å². The van der Waals surface area contributed by atoms with Gasteiger partial charge in [-0.15, -0.1) is 0 Å². The summed E-state index contributed by atoms with van der Waals surface area (Å²) in [5.74, 6) is -0.608. The van der Waals surface area contributed by atoms with Crippen LogP contribution in [-0.2, 0) is 13.1 Å². The van der Waals surface area contributed by atoms with Gasteiger partial charge in [-0.25, -0.2) is 14.3 Å². The molecule has 0 unspecified atom stereocenters. The van der Waals surface area contributed by atoms with Crippen LogP contribution >= 0.6 is 0 Å². The van der Waals surface area contributed by atoms with Crippen molar-refractivity contribution in [2.24, 2.45) is 5.41 Å². The molecule has 0 radical (unpaired) electrons. The smallest absolute Gasteiger partial charge is 0.404 e. The van der Waals surface area contributed by atoms with E-state index in [9.17, 15) is 20.1 Å². The van der Waals surface area contributed by atoms with Gasteiger partial charge in [0.25, 0.3) is 5.56 Å². The zero-order valence-corrected chi connectivity index (χ0v) is 22.4. The van der Waals surface area contributed by atoms with Crippen LogP contribution in [0.4, 0.5) is 9.18 Å². The van der Waals surface area contributed by atoms with Crippen LogP contribution in [-0.4, -0.2) is 31.2 Å². The minimum atomic E-state index is -1.29. The molecule has 41 heavy (non-hydrogen) atoms. The summed E-state index contributed by atoms with van der Waals surface area (Å²) < 4.78 is 17.6. The number of aromatic nitrogens is 4. The number of hydrogen-bond acceptors (Lipinski definition) is 6. The van der Waals surface area contributed by atoms with Gasteiger partial charge in [0.1, 0.15) is 18.0 Å². The van der Waals surface area contributed by atoms with E-state index in [1.165, 1.54) is 18.3 Å². The zero-order valence-electron chi connectivity index (χ0n) is 22.4. The van der Waals surface area contributed by atoms with Crippen molar-refractivity contribution in [3.63, 3.8) is 0 Å². The summed E-state index contributed by atoms with van der Waals surface area (Å²) >= 11 is 0. The summed E-state index contributed by atoms with van der Waals surface area (Å²) in [4.78, 5) is 23.8. The fourth-order valence-corrected chi connectivity index (χ4v) is 4.98. The molecule has 3 N–H and O–H groups in total. The Morgan fingerprint density at radius 2 is 1.90 bits per heavy atom. The van der Waals surface area contributed by atoms with Gasteiger partial charge in [0.15, 0.2) is 0 Å². The summed E-state index contributed by atoms with van der Waals surface area (Å²) in [7, 11) is 0. The standard InChI is InChI=1S/C30H24FN7O3/c1-30(2,3)15-38-27(26-21(12-33)19-7-5-4-6-16(19)10-23(26)31)22(13-35-38)17-8-18(11-32)25-20(9-17)24(14-34-29(40)41)36-37-28(25)39/h4-10,13,34H,14-15H2,1-3H3,(H,37,39)(H,40,41). The second kappa shape index (κ2) is 10.2. The summed E-state index contributed by atoms with van der Waals surface area (Å²) in [6, 6.07) is 15.7. The van der Waals surface area contributed by atoms with Crippen LogP contribution in [0.3, 0.4) is 0 Å². The highest BCUT2D eigenvalue weighted by Crippen LogP contribution is 2.40. The van der Waals surface area contributed by atoms with Crippen molar-refractivity contribution in [1.82, 2.24) is 25.3 Å². The number of rotatable bonds is 5. The van der Waals surface area contributed by atoms with Crippen molar-refractivity contribution >= 4 is 27.6 Å². The number of benzene rings is 3. The highest BCUT2D eigenvalue weighted by Gasteiger charge is 2.26. The molecule has 0 spiro atoms. The molecule has 1 amide bonds. The van der Waals surface area contributed by atoms with E-state index in [1.54, 1.807) is 35.0 Å². The normalized spacial score (nSPS) is 11.4. The van der Waals surface area contributed by atoms with Crippen LogP contribution in [0.15, 0.2) is 53.5 Å². The van der Waals surface area contributed by atoms with E-state index in [4.69, 9.17) is 5.11 Å². The fraction of sp³-hybridized carbons (Fsp3) is 0.200. The van der Waals surface area contributed by atoms with Crippen LogP contribution in [0.5, 0.6) is 0 Å². The molecule has 204 valence electrons. The topological polar surface area (TPSA) is 160 Å². The van der Waals surface area contributed by atoms with Gasteiger partial charge in [-0.05, 0) is 34.6 Å². The quantitative estimate of drug-likeness (QED) is 0.268. The number of H-pyrrole nitrogens is 1. The summed E-state index contributed by atoms with van der Waals surface area (Å²) in [5, 5.41) is 43.9.